The third kappa shape index (κ3) is 2.34. The summed E-state index contributed by atoms with van der Waals surface area (Å²) in [6.45, 7) is 2.31. The Bertz CT molecular complexity index is 535. The zero-order valence-corrected chi connectivity index (χ0v) is 11.4. The van der Waals surface area contributed by atoms with Crippen molar-refractivity contribution < 1.29 is 4.74 Å². The van der Waals surface area contributed by atoms with Gasteiger partial charge in [-0.05, 0) is 6.07 Å². The third-order valence-electron chi connectivity index (χ3n) is 3.01. The first kappa shape index (κ1) is 11.9. The molecule has 2 heterocycles. The molecule has 3 rings (SSSR count). The van der Waals surface area contributed by atoms with Gasteiger partial charge in [-0.25, -0.2) is 4.98 Å². The summed E-state index contributed by atoms with van der Waals surface area (Å²) in [5.41, 5.74) is 2.14. The third-order valence-corrected chi connectivity index (χ3v) is 3.70. The van der Waals surface area contributed by atoms with Gasteiger partial charge in [-0.2, -0.15) is 0 Å². The standard InChI is InChI=1S/C13H14BrN3O/c14-10-4-2-1-3-9(10)11-7-16-13(17-11)12-8-18-6-5-15-12/h1-4,7,12,15H,5-6,8H2,(H,16,17). The SMILES string of the molecule is Brc1ccccc1-c1cnc(C2COCCN2)[nH]1. The van der Waals surface area contributed by atoms with E-state index >= 15 is 0 Å². The van der Waals surface area contributed by atoms with Crippen molar-refractivity contribution in [2.24, 2.45) is 0 Å². The quantitative estimate of drug-likeness (QED) is 0.896. The molecule has 4 nitrogen and oxygen atoms in total. The number of rotatable bonds is 2. The van der Waals surface area contributed by atoms with Crippen LogP contribution in [0, 0.1) is 0 Å². The van der Waals surface area contributed by atoms with E-state index in [9.17, 15) is 0 Å². The number of H-pyrrole nitrogens is 1. The highest BCUT2D eigenvalue weighted by Crippen LogP contribution is 2.27. The average molecular weight is 308 g/mol. The number of morpholine rings is 1. The number of aromatic nitrogens is 2. The maximum absolute atomic E-state index is 5.44. The van der Waals surface area contributed by atoms with Crippen LogP contribution in [-0.4, -0.2) is 29.7 Å². The Morgan fingerprint density at radius 1 is 1.33 bits per heavy atom. The van der Waals surface area contributed by atoms with Crippen LogP contribution < -0.4 is 5.32 Å². The van der Waals surface area contributed by atoms with Crippen LogP contribution in [0.1, 0.15) is 11.9 Å². The summed E-state index contributed by atoms with van der Waals surface area (Å²) in [7, 11) is 0. The van der Waals surface area contributed by atoms with E-state index in [0.717, 1.165) is 34.7 Å². The van der Waals surface area contributed by atoms with E-state index < -0.39 is 0 Å². The predicted molar refractivity (Wildman–Crippen MR) is 73.3 cm³/mol. The van der Waals surface area contributed by atoms with E-state index in [2.05, 4.69) is 37.3 Å². The van der Waals surface area contributed by atoms with Gasteiger partial charge in [-0.3, -0.25) is 0 Å². The van der Waals surface area contributed by atoms with Crippen LogP contribution in [0.5, 0.6) is 0 Å². The van der Waals surface area contributed by atoms with Crippen LogP contribution >= 0.6 is 15.9 Å². The van der Waals surface area contributed by atoms with Gasteiger partial charge in [-0.15, -0.1) is 0 Å². The van der Waals surface area contributed by atoms with E-state index in [0.29, 0.717) is 6.61 Å². The molecule has 1 aromatic carbocycles. The smallest absolute Gasteiger partial charge is 0.126 e. The fourth-order valence-electron chi connectivity index (χ4n) is 2.07. The molecule has 94 valence electrons. The van der Waals surface area contributed by atoms with Gasteiger partial charge in [0.05, 0.1) is 31.1 Å². The maximum Gasteiger partial charge on any atom is 0.126 e. The number of ether oxygens (including phenoxy) is 1. The molecule has 1 unspecified atom stereocenters. The van der Waals surface area contributed by atoms with Gasteiger partial charge in [-0.1, -0.05) is 34.1 Å². The van der Waals surface area contributed by atoms with Crippen LogP contribution in [-0.2, 0) is 4.74 Å². The summed E-state index contributed by atoms with van der Waals surface area (Å²) >= 11 is 3.55. The largest absolute Gasteiger partial charge is 0.378 e. The van der Waals surface area contributed by atoms with Crippen molar-refractivity contribution in [2.75, 3.05) is 19.8 Å². The Morgan fingerprint density at radius 3 is 3.00 bits per heavy atom. The zero-order chi connectivity index (χ0) is 12.4. The van der Waals surface area contributed by atoms with Crippen molar-refractivity contribution in [1.29, 1.82) is 0 Å². The van der Waals surface area contributed by atoms with E-state index in [4.69, 9.17) is 4.74 Å². The van der Waals surface area contributed by atoms with Crippen molar-refractivity contribution >= 4 is 15.9 Å². The Balaban J connectivity index is 1.87. The molecule has 0 spiro atoms. The minimum absolute atomic E-state index is 0.162. The fourth-order valence-corrected chi connectivity index (χ4v) is 2.57. The van der Waals surface area contributed by atoms with E-state index in [-0.39, 0.29) is 6.04 Å². The van der Waals surface area contributed by atoms with Crippen LogP contribution in [0.4, 0.5) is 0 Å². The summed E-state index contributed by atoms with van der Waals surface area (Å²) in [4.78, 5) is 7.79. The van der Waals surface area contributed by atoms with Crippen molar-refractivity contribution in [3.63, 3.8) is 0 Å². The second kappa shape index (κ2) is 5.22. The number of halogens is 1. The molecule has 1 aliphatic rings. The Kier molecular flexibility index (Phi) is 3.45. The van der Waals surface area contributed by atoms with Crippen molar-refractivity contribution in [3.8, 4) is 11.3 Å². The van der Waals surface area contributed by atoms with Crippen LogP contribution in [0.15, 0.2) is 34.9 Å². The van der Waals surface area contributed by atoms with E-state index in [1.807, 2.05) is 24.4 Å². The van der Waals surface area contributed by atoms with Crippen LogP contribution in [0.25, 0.3) is 11.3 Å². The molecule has 0 saturated carbocycles. The summed E-state index contributed by atoms with van der Waals surface area (Å²) < 4.78 is 6.51. The van der Waals surface area contributed by atoms with Crippen molar-refractivity contribution in [2.45, 2.75) is 6.04 Å². The Hall–Kier alpha value is -1.17. The van der Waals surface area contributed by atoms with Gasteiger partial charge in [0.2, 0.25) is 0 Å². The Labute approximate surface area is 114 Å². The van der Waals surface area contributed by atoms with Gasteiger partial charge in [0.15, 0.2) is 0 Å². The monoisotopic (exact) mass is 307 g/mol. The van der Waals surface area contributed by atoms with Crippen LogP contribution in [0.2, 0.25) is 0 Å². The zero-order valence-electron chi connectivity index (χ0n) is 9.82. The first-order chi connectivity index (χ1) is 8.84. The van der Waals surface area contributed by atoms with Crippen LogP contribution in [0.3, 0.4) is 0 Å². The summed E-state index contributed by atoms with van der Waals surface area (Å²) in [6.07, 6.45) is 1.87. The molecule has 18 heavy (non-hydrogen) atoms. The lowest BCUT2D eigenvalue weighted by Gasteiger charge is -2.21. The van der Waals surface area contributed by atoms with Gasteiger partial charge < -0.3 is 15.0 Å². The summed E-state index contributed by atoms with van der Waals surface area (Å²) in [5.74, 6) is 0.931. The molecule has 0 amide bonds. The highest BCUT2D eigenvalue weighted by atomic mass is 79.9. The lowest BCUT2D eigenvalue weighted by atomic mass is 10.2. The highest BCUT2D eigenvalue weighted by Gasteiger charge is 2.18. The lowest BCUT2D eigenvalue weighted by molar-refractivity contribution is 0.0745. The minimum atomic E-state index is 0.162. The number of benzene rings is 1. The molecule has 1 saturated heterocycles. The second-order valence-corrected chi connectivity index (χ2v) is 5.10. The van der Waals surface area contributed by atoms with Crippen molar-refractivity contribution in [3.05, 3.63) is 40.8 Å². The molecule has 1 aliphatic heterocycles. The number of hydrogen-bond acceptors (Lipinski definition) is 3. The van der Waals surface area contributed by atoms with Gasteiger partial charge >= 0.3 is 0 Å². The van der Waals surface area contributed by atoms with Gasteiger partial charge in [0.1, 0.15) is 5.82 Å². The number of aromatic amines is 1. The molecule has 1 atom stereocenters. The van der Waals surface area contributed by atoms with E-state index in [1.165, 1.54) is 0 Å². The molecule has 1 aromatic heterocycles. The number of nitrogens with one attached hydrogen (secondary N) is 2. The molecule has 5 heteroatoms. The molecule has 2 N–H and O–H groups in total. The van der Waals surface area contributed by atoms with E-state index in [1.54, 1.807) is 0 Å². The van der Waals surface area contributed by atoms with Gasteiger partial charge in [0.25, 0.3) is 0 Å². The number of nitrogens with zero attached hydrogens (tertiary/aromatic N) is 1. The van der Waals surface area contributed by atoms with Gasteiger partial charge in [0, 0.05) is 16.6 Å². The second-order valence-electron chi connectivity index (χ2n) is 4.24. The first-order valence-corrected chi connectivity index (χ1v) is 6.75. The minimum Gasteiger partial charge on any atom is -0.378 e. The number of imidazole rings is 1. The molecule has 0 bridgehead atoms. The maximum atomic E-state index is 5.44. The average Bonchev–Trinajstić information content (AvgIpc) is 2.90. The fraction of sp³-hybridized carbons (Fsp3) is 0.308. The summed E-state index contributed by atoms with van der Waals surface area (Å²) in [5, 5.41) is 3.38. The normalized spacial score (nSPS) is 19.9. The first-order valence-electron chi connectivity index (χ1n) is 5.95. The summed E-state index contributed by atoms with van der Waals surface area (Å²) in [6, 6.07) is 8.27. The number of hydrogen-bond donors (Lipinski definition) is 2. The molecular weight excluding hydrogens is 294 g/mol. The molecular formula is C13H14BrN3O. The molecule has 0 aliphatic carbocycles. The molecule has 1 fully saturated rings. The van der Waals surface area contributed by atoms with Crippen molar-refractivity contribution in [1.82, 2.24) is 15.3 Å². The Morgan fingerprint density at radius 2 is 2.22 bits per heavy atom. The predicted octanol–water partition coefficient (Wildman–Crippen LogP) is 2.50. The topological polar surface area (TPSA) is 49.9 Å². The highest BCUT2D eigenvalue weighted by molar-refractivity contribution is 9.10. The lowest BCUT2D eigenvalue weighted by Crippen LogP contribution is -2.35. The molecule has 0 radical (unpaired) electrons. The molecule has 2 aromatic rings.